The molecule has 0 fully saturated rings. The molecule has 0 radical (unpaired) electrons. The van der Waals surface area contributed by atoms with Crippen LogP contribution in [-0.2, 0) is 0 Å². The Balaban J connectivity index is 2.20. The number of esters is 1. The van der Waals surface area contributed by atoms with E-state index < -0.39 is 10.9 Å². The Hall–Kier alpha value is -2.69. The fourth-order valence-electron chi connectivity index (χ4n) is 1.93. The van der Waals surface area contributed by atoms with Crippen LogP contribution in [0.4, 0.5) is 5.69 Å². The van der Waals surface area contributed by atoms with Gasteiger partial charge >= 0.3 is 5.97 Å². The Bertz CT molecular complexity index is 662. The van der Waals surface area contributed by atoms with Gasteiger partial charge in [-0.05, 0) is 29.7 Å². The lowest BCUT2D eigenvalue weighted by atomic mass is 10.0. The number of non-ortho nitro benzene ring substituents is 1. The Morgan fingerprint density at radius 2 is 1.71 bits per heavy atom. The Morgan fingerprint density at radius 1 is 1.10 bits per heavy atom. The number of nitro groups is 1. The van der Waals surface area contributed by atoms with Gasteiger partial charge in [-0.2, -0.15) is 0 Å². The van der Waals surface area contributed by atoms with Gasteiger partial charge in [-0.15, -0.1) is 0 Å². The topological polar surface area (TPSA) is 69.4 Å². The lowest BCUT2D eigenvalue weighted by Gasteiger charge is -2.12. The summed E-state index contributed by atoms with van der Waals surface area (Å²) in [6.45, 7) is 4.02. The number of carbonyl (C=O) groups excluding carboxylic acids is 1. The molecule has 0 aliphatic heterocycles. The number of nitro benzene ring substituents is 1. The van der Waals surface area contributed by atoms with Crippen LogP contribution in [0, 0.1) is 10.1 Å². The van der Waals surface area contributed by atoms with Gasteiger partial charge in [-0.25, -0.2) is 4.79 Å². The van der Waals surface area contributed by atoms with Crippen molar-refractivity contribution in [2.75, 3.05) is 0 Å². The molecule has 0 amide bonds. The first kappa shape index (κ1) is 14.7. The first-order valence-corrected chi connectivity index (χ1v) is 6.54. The SMILES string of the molecule is CC(C)c1ccccc1OC(=O)c1ccc([N+](=O)[O-])cc1. The molecule has 0 aromatic heterocycles. The highest BCUT2D eigenvalue weighted by atomic mass is 16.6. The van der Waals surface area contributed by atoms with Crippen molar-refractivity contribution in [3.63, 3.8) is 0 Å². The molecule has 21 heavy (non-hydrogen) atoms. The van der Waals surface area contributed by atoms with Crippen molar-refractivity contribution in [3.8, 4) is 5.75 Å². The summed E-state index contributed by atoms with van der Waals surface area (Å²) in [6.07, 6.45) is 0. The highest BCUT2D eigenvalue weighted by molar-refractivity contribution is 5.91. The van der Waals surface area contributed by atoms with E-state index in [1.165, 1.54) is 24.3 Å². The molecule has 5 heteroatoms. The first-order chi connectivity index (χ1) is 9.99. The second-order valence-corrected chi connectivity index (χ2v) is 4.89. The van der Waals surface area contributed by atoms with Crippen LogP contribution in [0.15, 0.2) is 48.5 Å². The van der Waals surface area contributed by atoms with E-state index in [9.17, 15) is 14.9 Å². The summed E-state index contributed by atoms with van der Waals surface area (Å²) in [5.74, 6) is 0.208. The molecule has 0 unspecified atom stereocenters. The molecule has 0 bridgehead atoms. The van der Waals surface area contributed by atoms with Gasteiger partial charge < -0.3 is 4.74 Å². The van der Waals surface area contributed by atoms with Crippen LogP contribution < -0.4 is 4.74 Å². The molecule has 5 nitrogen and oxygen atoms in total. The molecule has 0 aliphatic rings. The Labute approximate surface area is 122 Å². The van der Waals surface area contributed by atoms with Crippen molar-refractivity contribution in [3.05, 3.63) is 69.8 Å². The van der Waals surface area contributed by atoms with E-state index in [0.29, 0.717) is 5.75 Å². The fraction of sp³-hybridized carbons (Fsp3) is 0.188. The number of hydrogen-bond acceptors (Lipinski definition) is 4. The minimum Gasteiger partial charge on any atom is -0.423 e. The van der Waals surface area contributed by atoms with E-state index in [1.54, 1.807) is 12.1 Å². The molecule has 0 spiro atoms. The molecule has 2 aromatic rings. The summed E-state index contributed by atoms with van der Waals surface area (Å²) in [4.78, 5) is 22.1. The number of benzene rings is 2. The van der Waals surface area contributed by atoms with Crippen molar-refractivity contribution in [1.82, 2.24) is 0 Å². The summed E-state index contributed by atoms with van der Waals surface area (Å²) in [7, 11) is 0. The molecule has 108 valence electrons. The second kappa shape index (κ2) is 6.17. The highest BCUT2D eigenvalue weighted by Crippen LogP contribution is 2.26. The molecular weight excluding hydrogens is 270 g/mol. The average molecular weight is 285 g/mol. The molecule has 0 aliphatic carbocycles. The number of ether oxygens (including phenoxy) is 1. The minimum absolute atomic E-state index is 0.0610. The highest BCUT2D eigenvalue weighted by Gasteiger charge is 2.14. The van der Waals surface area contributed by atoms with Crippen LogP contribution in [0.2, 0.25) is 0 Å². The van der Waals surface area contributed by atoms with Crippen molar-refractivity contribution in [1.29, 1.82) is 0 Å². The van der Waals surface area contributed by atoms with Crippen LogP contribution >= 0.6 is 0 Å². The van der Waals surface area contributed by atoms with Gasteiger partial charge in [0.15, 0.2) is 0 Å². The number of nitrogens with zero attached hydrogens (tertiary/aromatic N) is 1. The fourth-order valence-corrected chi connectivity index (χ4v) is 1.93. The number of para-hydroxylation sites is 1. The Kier molecular flexibility index (Phi) is 4.33. The van der Waals surface area contributed by atoms with E-state index >= 15 is 0 Å². The van der Waals surface area contributed by atoms with Gasteiger partial charge in [-0.3, -0.25) is 10.1 Å². The molecule has 0 N–H and O–H groups in total. The quantitative estimate of drug-likeness (QED) is 0.369. The predicted octanol–water partition coefficient (Wildman–Crippen LogP) is 3.94. The van der Waals surface area contributed by atoms with E-state index in [1.807, 2.05) is 26.0 Å². The normalized spacial score (nSPS) is 10.4. The van der Waals surface area contributed by atoms with Gasteiger partial charge in [0, 0.05) is 12.1 Å². The predicted molar refractivity (Wildman–Crippen MR) is 78.6 cm³/mol. The lowest BCUT2D eigenvalue weighted by Crippen LogP contribution is -2.10. The van der Waals surface area contributed by atoms with Gasteiger partial charge in [-0.1, -0.05) is 32.0 Å². The molecule has 0 heterocycles. The van der Waals surface area contributed by atoms with Crippen molar-refractivity contribution in [2.45, 2.75) is 19.8 Å². The van der Waals surface area contributed by atoms with Gasteiger partial charge in [0.25, 0.3) is 5.69 Å². The van der Waals surface area contributed by atoms with Gasteiger partial charge in [0.05, 0.1) is 10.5 Å². The van der Waals surface area contributed by atoms with Crippen LogP contribution in [0.3, 0.4) is 0 Å². The van der Waals surface area contributed by atoms with E-state index in [4.69, 9.17) is 4.74 Å². The van der Waals surface area contributed by atoms with Gasteiger partial charge in [0.2, 0.25) is 0 Å². The van der Waals surface area contributed by atoms with Gasteiger partial charge in [0.1, 0.15) is 5.75 Å². The zero-order chi connectivity index (χ0) is 15.4. The lowest BCUT2D eigenvalue weighted by molar-refractivity contribution is -0.384. The number of carbonyl (C=O) groups is 1. The maximum atomic E-state index is 12.1. The maximum absolute atomic E-state index is 12.1. The zero-order valence-electron chi connectivity index (χ0n) is 11.8. The monoisotopic (exact) mass is 285 g/mol. The van der Waals surface area contributed by atoms with Crippen molar-refractivity contribution < 1.29 is 14.5 Å². The van der Waals surface area contributed by atoms with E-state index in [0.717, 1.165) is 5.56 Å². The van der Waals surface area contributed by atoms with Crippen LogP contribution in [-0.4, -0.2) is 10.9 Å². The first-order valence-electron chi connectivity index (χ1n) is 6.54. The average Bonchev–Trinajstić information content (AvgIpc) is 2.47. The van der Waals surface area contributed by atoms with Crippen LogP contribution in [0.1, 0.15) is 35.7 Å². The third-order valence-corrected chi connectivity index (χ3v) is 3.06. The summed E-state index contributed by atoms with van der Waals surface area (Å²) < 4.78 is 5.38. The third-order valence-electron chi connectivity index (χ3n) is 3.06. The summed E-state index contributed by atoms with van der Waals surface area (Å²) in [5, 5.41) is 10.6. The van der Waals surface area contributed by atoms with Crippen molar-refractivity contribution >= 4 is 11.7 Å². The third kappa shape index (κ3) is 3.45. The van der Waals surface area contributed by atoms with Crippen LogP contribution in [0.5, 0.6) is 5.75 Å². The molecular formula is C16H15NO4. The largest absolute Gasteiger partial charge is 0.423 e. The van der Waals surface area contributed by atoms with E-state index in [-0.39, 0.29) is 17.2 Å². The number of rotatable bonds is 4. The maximum Gasteiger partial charge on any atom is 0.343 e. The smallest absolute Gasteiger partial charge is 0.343 e. The molecule has 0 saturated heterocycles. The number of hydrogen-bond donors (Lipinski definition) is 0. The molecule has 0 atom stereocenters. The minimum atomic E-state index is -0.530. The Morgan fingerprint density at radius 3 is 2.29 bits per heavy atom. The zero-order valence-corrected chi connectivity index (χ0v) is 11.8. The summed E-state index contributed by atoms with van der Waals surface area (Å²) >= 11 is 0. The van der Waals surface area contributed by atoms with E-state index in [2.05, 4.69) is 0 Å². The molecule has 0 saturated carbocycles. The van der Waals surface area contributed by atoms with Crippen molar-refractivity contribution in [2.24, 2.45) is 0 Å². The summed E-state index contributed by atoms with van der Waals surface area (Å²) in [6, 6.07) is 12.7. The van der Waals surface area contributed by atoms with Crippen LogP contribution in [0.25, 0.3) is 0 Å². The molecule has 2 aromatic carbocycles. The second-order valence-electron chi connectivity index (χ2n) is 4.89. The summed E-state index contributed by atoms with van der Waals surface area (Å²) in [5.41, 5.74) is 1.15. The standard InChI is InChI=1S/C16H15NO4/c1-11(2)14-5-3-4-6-15(14)21-16(18)12-7-9-13(10-8-12)17(19)20/h3-11H,1-2H3. The molecule has 2 rings (SSSR count).